The largest absolute Gasteiger partial charge is 0.354 e. The Morgan fingerprint density at radius 2 is 2.36 bits per heavy atom. The summed E-state index contributed by atoms with van der Waals surface area (Å²) in [6.45, 7) is 1.53. The Morgan fingerprint density at radius 1 is 1.50 bits per heavy atom. The molecule has 1 heterocycles. The second kappa shape index (κ2) is 3.96. The maximum atomic E-state index is 13.3. The van der Waals surface area contributed by atoms with Gasteiger partial charge in [-0.05, 0) is 28.1 Å². The van der Waals surface area contributed by atoms with Crippen molar-refractivity contribution in [3.8, 4) is 0 Å². The van der Waals surface area contributed by atoms with E-state index in [-0.39, 0.29) is 5.82 Å². The molecule has 3 nitrogen and oxygen atoms in total. The van der Waals surface area contributed by atoms with E-state index in [9.17, 15) is 4.39 Å². The SMILES string of the molecule is Fc1cccc(Br)c1NC1=NCCN1. The van der Waals surface area contributed by atoms with Gasteiger partial charge in [0.25, 0.3) is 0 Å². The summed E-state index contributed by atoms with van der Waals surface area (Å²) in [6.07, 6.45) is 0. The first-order chi connectivity index (χ1) is 6.77. The Morgan fingerprint density at radius 3 is 3.00 bits per heavy atom. The van der Waals surface area contributed by atoms with Crippen LogP contribution in [0.1, 0.15) is 0 Å². The van der Waals surface area contributed by atoms with E-state index >= 15 is 0 Å². The van der Waals surface area contributed by atoms with Crippen LogP contribution >= 0.6 is 15.9 Å². The van der Waals surface area contributed by atoms with E-state index in [4.69, 9.17) is 0 Å². The zero-order valence-corrected chi connectivity index (χ0v) is 8.94. The highest BCUT2D eigenvalue weighted by molar-refractivity contribution is 9.10. The first-order valence-electron chi connectivity index (χ1n) is 4.27. The highest BCUT2D eigenvalue weighted by Crippen LogP contribution is 2.24. The smallest absolute Gasteiger partial charge is 0.196 e. The quantitative estimate of drug-likeness (QED) is 0.807. The standard InChI is InChI=1S/C9H9BrFN3/c10-6-2-1-3-7(11)8(6)14-9-12-4-5-13-9/h1-3H,4-5H2,(H2,12,13,14). The van der Waals surface area contributed by atoms with Crippen molar-refractivity contribution in [2.75, 3.05) is 18.4 Å². The third-order valence-electron chi connectivity index (χ3n) is 1.88. The van der Waals surface area contributed by atoms with E-state index in [2.05, 4.69) is 31.6 Å². The Bertz CT molecular complexity index is 358. The third-order valence-corrected chi connectivity index (χ3v) is 2.54. The van der Waals surface area contributed by atoms with Crippen LogP contribution in [-0.4, -0.2) is 19.0 Å². The molecular formula is C9H9BrFN3. The Labute approximate surface area is 89.5 Å². The number of halogens is 2. The van der Waals surface area contributed by atoms with Gasteiger partial charge in [0, 0.05) is 11.0 Å². The summed E-state index contributed by atoms with van der Waals surface area (Å²) in [5.41, 5.74) is 0.417. The molecule has 0 amide bonds. The van der Waals surface area contributed by atoms with Crippen LogP contribution in [0.25, 0.3) is 0 Å². The van der Waals surface area contributed by atoms with Crippen molar-refractivity contribution in [2.45, 2.75) is 0 Å². The van der Waals surface area contributed by atoms with Gasteiger partial charge in [-0.1, -0.05) is 6.07 Å². The van der Waals surface area contributed by atoms with Crippen LogP contribution in [0, 0.1) is 5.82 Å². The number of nitrogens with zero attached hydrogens (tertiary/aromatic N) is 1. The maximum absolute atomic E-state index is 13.3. The molecule has 1 aromatic carbocycles. The second-order valence-corrected chi connectivity index (χ2v) is 3.73. The molecule has 0 saturated carbocycles. The summed E-state index contributed by atoms with van der Waals surface area (Å²) in [7, 11) is 0. The number of benzene rings is 1. The van der Waals surface area contributed by atoms with Crippen molar-refractivity contribution < 1.29 is 4.39 Å². The number of guanidine groups is 1. The summed E-state index contributed by atoms with van der Waals surface area (Å²) in [6, 6.07) is 4.83. The molecule has 1 aromatic rings. The monoisotopic (exact) mass is 257 g/mol. The van der Waals surface area contributed by atoms with Crippen LogP contribution in [0.4, 0.5) is 10.1 Å². The number of hydrogen-bond donors (Lipinski definition) is 2. The Kier molecular flexibility index (Phi) is 2.67. The van der Waals surface area contributed by atoms with Gasteiger partial charge in [-0.2, -0.15) is 0 Å². The van der Waals surface area contributed by atoms with E-state index in [1.165, 1.54) is 6.07 Å². The van der Waals surface area contributed by atoms with Gasteiger partial charge in [0.05, 0.1) is 12.2 Å². The molecule has 0 fully saturated rings. The molecule has 74 valence electrons. The molecule has 0 aromatic heterocycles. The van der Waals surface area contributed by atoms with Crippen molar-refractivity contribution >= 4 is 27.6 Å². The van der Waals surface area contributed by atoms with Crippen LogP contribution in [0.2, 0.25) is 0 Å². The predicted octanol–water partition coefficient (Wildman–Crippen LogP) is 1.96. The lowest BCUT2D eigenvalue weighted by atomic mass is 10.3. The van der Waals surface area contributed by atoms with E-state index in [1.807, 2.05) is 0 Å². The Hall–Kier alpha value is -1.10. The minimum Gasteiger partial charge on any atom is -0.354 e. The molecule has 0 spiro atoms. The molecule has 2 rings (SSSR count). The van der Waals surface area contributed by atoms with Crippen LogP contribution in [-0.2, 0) is 0 Å². The normalized spacial score (nSPS) is 14.9. The lowest BCUT2D eigenvalue weighted by molar-refractivity contribution is 0.631. The molecule has 5 heteroatoms. The number of aliphatic imine (C=N–C) groups is 1. The minimum absolute atomic E-state index is 0.296. The summed E-state index contributed by atoms with van der Waals surface area (Å²) < 4.78 is 14.0. The van der Waals surface area contributed by atoms with Crippen molar-refractivity contribution in [1.82, 2.24) is 5.32 Å². The Balaban J connectivity index is 2.23. The maximum Gasteiger partial charge on any atom is 0.196 e. The van der Waals surface area contributed by atoms with Crippen molar-refractivity contribution in [3.05, 3.63) is 28.5 Å². The van der Waals surface area contributed by atoms with Crippen molar-refractivity contribution in [2.24, 2.45) is 4.99 Å². The average molecular weight is 258 g/mol. The van der Waals surface area contributed by atoms with Gasteiger partial charge in [0.2, 0.25) is 0 Å². The highest BCUT2D eigenvalue weighted by atomic mass is 79.9. The molecule has 2 N–H and O–H groups in total. The topological polar surface area (TPSA) is 36.4 Å². The number of nitrogens with one attached hydrogen (secondary N) is 2. The van der Waals surface area contributed by atoms with Gasteiger partial charge in [-0.25, -0.2) is 4.39 Å². The fraction of sp³-hybridized carbons (Fsp3) is 0.222. The highest BCUT2D eigenvalue weighted by Gasteiger charge is 2.10. The molecule has 0 saturated heterocycles. The molecule has 0 radical (unpaired) electrons. The van der Waals surface area contributed by atoms with Gasteiger partial charge in [-0.15, -0.1) is 0 Å². The van der Waals surface area contributed by atoms with Crippen molar-refractivity contribution in [3.63, 3.8) is 0 Å². The lowest BCUT2D eigenvalue weighted by Gasteiger charge is -2.09. The summed E-state index contributed by atoms with van der Waals surface area (Å²) >= 11 is 3.27. The lowest BCUT2D eigenvalue weighted by Crippen LogP contribution is -2.26. The third kappa shape index (κ3) is 1.87. The predicted molar refractivity (Wildman–Crippen MR) is 58.0 cm³/mol. The van der Waals surface area contributed by atoms with E-state index in [0.29, 0.717) is 16.1 Å². The summed E-state index contributed by atoms with van der Waals surface area (Å²) in [5, 5.41) is 5.91. The summed E-state index contributed by atoms with van der Waals surface area (Å²) in [5.74, 6) is 0.326. The van der Waals surface area contributed by atoms with E-state index in [0.717, 1.165) is 13.1 Å². The molecule has 1 aliphatic heterocycles. The van der Waals surface area contributed by atoms with Crippen LogP contribution in [0.3, 0.4) is 0 Å². The average Bonchev–Trinajstić information content (AvgIpc) is 2.64. The summed E-state index contributed by atoms with van der Waals surface area (Å²) in [4.78, 5) is 4.12. The van der Waals surface area contributed by atoms with Gasteiger partial charge in [0.15, 0.2) is 5.96 Å². The zero-order chi connectivity index (χ0) is 9.97. The van der Waals surface area contributed by atoms with Crippen LogP contribution < -0.4 is 10.6 Å². The molecule has 14 heavy (non-hydrogen) atoms. The number of para-hydroxylation sites is 1. The fourth-order valence-electron chi connectivity index (χ4n) is 1.22. The fourth-order valence-corrected chi connectivity index (χ4v) is 1.66. The minimum atomic E-state index is -0.296. The zero-order valence-electron chi connectivity index (χ0n) is 7.35. The number of hydrogen-bond acceptors (Lipinski definition) is 3. The molecule has 0 bridgehead atoms. The first-order valence-corrected chi connectivity index (χ1v) is 5.06. The van der Waals surface area contributed by atoms with Gasteiger partial charge >= 0.3 is 0 Å². The first kappa shape index (κ1) is 9.45. The van der Waals surface area contributed by atoms with Gasteiger partial charge < -0.3 is 10.6 Å². The van der Waals surface area contributed by atoms with E-state index < -0.39 is 0 Å². The number of anilines is 1. The van der Waals surface area contributed by atoms with Crippen molar-refractivity contribution in [1.29, 1.82) is 0 Å². The van der Waals surface area contributed by atoms with Gasteiger partial charge in [-0.3, -0.25) is 4.99 Å². The molecule has 0 atom stereocenters. The van der Waals surface area contributed by atoms with E-state index in [1.54, 1.807) is 12.1 Å². The number of rotatable bonds is 1. The van der Waals surface area contributed by atoms with Crippen LogP contribution in [0.5, 0.6) is 0 Å². The molecule has 0 aliphatic carbocycles. The molecule has 0 unspecified atom stereocenters. The van der Waals surface area contributed by atoms with Crippen LogP contribution in [0.15, 0.2) is 27.7 Å². The van der Waals surface area contributed by atoms with Gasteiger partial charge in [0.1, 0.15) is 5.82 Å². The second-order valence-electron chi connectivity index (χ2n) is 2.88. The molecular weight excluding hydrogens is 249 g/mol. The molecule has 1 aliphatic rings.